The van der Waals surface area contributed by atoms with E-state index in [9.17, 15) is 19.5 Å². The molecular formula is C23H35N3O5. The first-order chi connectivity index (χ1) is 14.5. The number of phenols is 1. The molecule has 0 spiro atoms. The minimum atomic E-state index is -1.09. The van der Waals surface area contributed by atoms with Gasteiger partial charge in [0, 0.05) is 18.2 Å². The van der Waals surface area contributed by atoms with Gasteiger partial charge in [-0.05, 0) is 40.2 Å². The lowest BCUT2D eigenvalue weighted by molar-refractivity contribution is -0.140. The first kappa shape index (κ1) is 26.0. The van der Waals surface area contributed by atoms with E-state index in [1.54, 1.807) is 39.0 Å². The van der Waals surface area contributed by atoms with Gasteiger partial charge in [0.2, 0.25) is 11.8 Å². The van der Waals surface area contributed by atoms with Crippen LogP contribution in [0.3, 0.4) is 0 Å². The molecular weight excluding hydrogens is 398 g/mol. The Morgan fingerprint density at radius 2 is 1.90 bits per heavy atom. The van der Waals surface area contributed by atoms with Crippen LogP contribution in [0.4, 0.5) is 4.79 Å². The highest BCUT2D eigenvalue weighted by molar-refractivity contribution is 5.91. The molecule has 0 saturated heterocycles. The van der Waals surface area contributed by atoms with Crippen molar-refractivity contribution in [2.24, 2.45) is 0 Å². The number of phenolic OH excluding ortho intramolecular Hbond substituents is 1. The number of carbonyl (C=O) groups is 3. The molecule has 3 amide bonds. The van der Waals surface area contributed by atoms with Crippen molar-refractivity contribution in [1.82, 2.24) is 15.5 Å². The third-order valence-electron chi connectivity index (χ3n) is 4.33. The van der Waals surface area contributed by atoms with Gasteiger partial charge in [-0.25, -0.2) is 4.79 Å². The summed E-state index contributed by atoms with van der Waals surface area (Å²) in [6.07, 6.45) is 2.41. The zero-order chi connectivity index (χ0) is 23.6. The Hall–Kier alpha value is -3.03. The third kappa shape index (κ3) is 8.70. The predicted octanol–water partition coefficient (Wildman–Crippen LogP) is 3.28. The summed E-state index contributed by atoms with van der Waals surface area (Å²) >= 11 is 0. The number of ether oxygens (including phenoxy) is 1. The lowest BCUT2D eigenvalue weighted by atomic mass is 10.0. The maximum absolute atomic E-state index is 13.2. The summed E-state index contributed by atoms with van der Waals surface area (Å²) in [5.41, 5.74) is -0.419. The van der Waals surface area contributed by atoms with Gasteiger partial charge in [-0.2, -0.15) is 0 Å². The average molecular weight is 434 g/mol. The number of nitrogens with one attached hydrogen (secondary N) is 2. The first-order valence-electron chi connectivity index (χ1n) is 10.5. The maximum atomic E-state index is 13.2. The second kappa shape index (κ2) is 12.0. The summed E-state index contributed by atoms with van der Waals surface area (Å²) in [4.78, 5) is 39.4. The molecule has 0 aliphatic heterocycles. The Kier molecular flexibility index (Phi) is 10.0. The molecule has 0 saturated carbocycles. The molecule has 2 atom stereocenters. The summed E-state index contributed by atoms with van der Waals surface area (Å²) in [5.74, 6) is -1.04. The molecule has 2 unspecified atom stereocenters. The fraction of sp³-hybridized carbons (Fsp3) is 0.522. The van der Waals surface area contributed by atoms with E-state index in [1.165, 1.54) is 17.0 Å². The lowest BCUT2D eigenvalue weighted by Crippen LogP contribution is -2.49. The number of hydrogen-bond donors (Lipinski definition) is 3. The highest BCUT2D eigenvalue weighted by atomic mass is 16.6. The predicted molar refractivity (Wildman–Crippen MR) is 120 cm³/mol. The number of aromatic hydroxyl groups is 1. The second-order valence-electron chi connectivity index (χ2n) is 8.35. The number of amides is 3. The van der Waals surface area contributed by atoms with E-state index < -0.39 is 29.6 Å². The molecule has 0 heterocycles. The molecule has 172 valence electrons. The van der Waals surface area contributed by atoms with Gasteiger partial charge in [0.1, 0.15) is 23.9 Å². The Bertz CT molecular complexity index is 773. The van der Waals surface area contributed by atoms with E-state index in [-0.39, 0.29) is 30.4 Å². The monoisotopic (exact) mass is 433 g/mol. The average Bonchev–Trinajstić information content (AvgIpc) is 2.66. The van der Waals surface area contributed by atoms with Gasteiger partial charge in [0.15, 0.2) is 0 Å². The van der Waals surface area contributed by atoms with Crippen LogP contribution in [0.25, 0.3) is 0 Å². The van der Waals surface area contributed by atoms with Crippen molar-refractivity contribution in [1.29, 1.82) is 0 Å². The summed E-state index contributed by atoms with van der Waals surface area (Å²) < 4.78 is 5.16. The highest BCUT2D eigenvalue weighted by Crippen LogP contribution is 2.29. The molecule has 31 heavy (non-hydrogen) atoms. The topological polar surface area (TPSA) is 108 Å². The van der Waals surface area contributed by atoms with Gasteiger partial charge < -0.3 is 25.4 Å². The number of benzene rings is 1. The maximum Gasteiger partial charge on any atom is 0.408 e. The second-order valence-corrected chi connectivity index (χ2v) is 8.35. The first-order valence-corrected chi connectivity index (χ1v) is 10.5. The number of carbonyl (C=O) groups excluding carboxylic acids is 3. The van der Waals surface area contributed by atoms with Gasteiger partial charge in [0.25, 0.3) is 0 Å². The van der Waals surface area contributed by atoms with Crippen LogP contribution in [0, 0.1) is 0 Å². The third-order valence-corrected chi connectivity index (χ3v) is 4.33. The van der Waals surface area contributed by atoms with E-state index in [2.05, 4.69) is 17.2 Å². The van der Waals surface area contributed by atoms with E-state index in [4.69, 9.17) is 4.74 Å². The molecule has 0 aliphatic rings. The van der Waals surface area contributed by atoms with Crippen LogP contribution in [0.5, 0.6) is 5.75 Å². The van der Waals surface area contributed by atoms with Crippen molar-refractivity contribution in [3.05, 3.63) is 42.5 Å². The van der Waals surface area contributed by atoms with Crippen LogP contribution in [0.1, 0.15) is 59.1 Å². The van der Waals surface area contributed by atoms with Crippen LogP contribution in [0.2, 0.25) is 0 Å². The zero-order valence-corrected chi connectivity index (χ0v) is 19.1. The molecule has 0 radical (unpaired) electrons. The van der Waals surface area contributed by atoms with Crippen molar-refractivity contribution in [3.63, 3.8) is 0 Å². The van der Waals surface area contributed by atoms with E-state index >= 15 is 0 Å². The van der Waals surface area contributed by atoms with Crippen molar-refractivity contribution < 1.29 is 24.2 Å². The minimum absolute atomic E-state index is 0.0451. The van der Waals surface area contributed by atoms with Gasteiger partial charge in [0.05, 0.1) is 0 Å². The Morgan fingerprint density at radius 3 is 2.45 bits per heavy atom. The fourth-order valence-electron chi connectivity index (χ4n) is 3.05. The van der Waals surface area contributed by atoms with Crippen molar-refractivity contribution >= 4 is 17.9 Å². The van der Waals surface area contributed by atoms with Crippen LogP contribution in [-0.4, -0.2) is 52.6 Å². The number of nitrogens with zero attached hydrogens (tertiary/aromatic N) is 1. The van der Waals surface area contributed by atoms with Crippen LogP contribution < -0.4 is 10.6 Å². The van der Waals surface area contributed by atoms with Gasteiger partial charge in [-0.3, -0.25) is 9.59 Å². The van der Waals surface area contributed by atoms with Crippen molar-refractivity contribution in [2.75, 3.05) is 13.1 Å². The quantitative estimate of drug-likeness (QED) is 0.491. The molecule has 1 rings (SSSR count). The molecule has 0 aromatic heterocycles. The van der Waals surface area contributed by atoms with Crippen molar-refractivity contribution in [2.45, 2.75) is 65.1 Å². The van der Waals surface area contributed by atoms with Crippen LogP contribution >= 0.6 is 0 Å². The lowest BCUT2D eigenvalue weighted by Gasteiger charge is -2.32. The molecule has 1 aromatic carbocycles. The molecule has 3 N–H and O–H groups in total. The molecule has 8 nitrogen and oxygen atoms in total. The van der Waals surface area contributed by atoms with Gasteiger partial charge in [-0.15, -0.1) is 6.58 Å². The smallest absolute Gasteiger partial charge is 0.408 e. The largest absolute Gasteiger partial charge is 0.508 e. The Balaban J connectivity index is 3.16. The molecule has 0 fully saturated rings. The summed E-state index contributed by atoms with van der Waals surface area (Å²) in [6.45, 7) is 12.4. The fourth-order valence-corrected chi connectivity index (χ4v) is 3.05. The van der Waals surface area contributed by atoms with Crippen molar-refractivity contribution in [3.8, 4) is 5.75 Å². The summed E-state index contributed by atoms with van der Waals surface area (Å²) in [5, 5.41) is 15.7. The van der Waals surface area contributed by atoms with Gasteiger partial charge in [-0.1, -0.05) is 37.6 Å². The van der Waals surface area contributed by atoms with Crippen LogP contribution in [-0.2, 0) is 14.3 Å². The molecule has 1 aromatic rings. The summed E-state index contributed by atoms with van der Waals surface area (Å²) in [6, 6.07) is 5.17. The van der Waals surface area contributed by atoms with E-state index in [0.29, 0.717) is 0 Å². The molecule has 0 aliphatic carbocycles. The van der Waals surface area contributed by atoms with E-state index in [0.717, 1.165) is 12.8 Å². The van der Waals surface area contributed by atoms with Crippen LogP contribution in [0.15, 0.2) is 36.9 Å². The highest BCUT2D eigenvalue weighted by Gasteiger charge is 2.33. The summed E-state index contributed by atoms with van der Waals surface area (Å²) in [7, 11) is 0. The zero-order valence-electron chi connectivity index (χ0n) is 19.1. The number of hydrogen-bond acceptors (Lipinski definition) is 5. The number of para-hydroxylation sites is 1. The van der Waals surface area contributed by atoms with E-state index in [1.807, 2.05) is 13.8 Å². The minimum Gasteiger partial charge on any atom is -0.508 e. The normalized spacial score (nSPS) is 12.9. The molecule has 0 bridgehead atoms. The van der Waals surface area contributed by atoms with Gasteiger partial charge >= 0.3 is 6.09 Å². The Morgan fingerprint density at radius 1 is 1.26 bits per heavy atom. The Labute approximate surface area is 184 Å². The molecule has 8 heteroatoms. The number of alkyl carbamates (subject to hydrolysis) is 1. The number of rotatable bonds is 10. The standard InChI is InChI=1S/C23H35N3O5/c1-7-11-16(3)25-21(29)20(17-12-9-10-13-18(17)27)26(14-8-2)19(28)15-24-22(30)31-23(4,5)6/h8-10,12-13,16,20,27H,2,7,11,14-15H2,1,3-6H3,(H,24,30)(H,25,29). The SMILES string of the molecule is C=CCN(C(=O)CNC(=O)OC(C)(C)C)C(C(=O)NC(C)CCC)c1ccccc1O.